The van der Waals surface area contributed by atoms with Crippen LogP contribution in [-0.2, 0) is 14.3 Å². The topological polar surface area (TPSA) is 84.7 Å². The van der Waals surface area contributed by atoms with Crippen LogP contribution in [0.4, 0.5) is 5.69 Å². The molecule has 0 spiro atoms. The maximum absolute atomic E-state index is 12.7. The van der Waals surface area contributed by atoms with Crippen molar-refractivity contribution in [2.75, 3.05) is 38.7 Å². The Kier molecular flexibility index (Phi) is 6.46. The summed E-state index contributed by atoms with van der Waals surface area (Å²) in [6.45, 7) is 1.12. The average molecular weight is 374 g/mol. The van der Waals surface area contributed by atoms with Crippen LogP contribution < -0.4 is 11.1 Å². The first-order chi connectivity index (χ1) is 11.4. The standard InChI is InChI=1S/C16H21Cl2N3O3/c1-21(15(23)16(10-19)5-7-24-8-6-16)9-13(22)20-14-11(17)3-2-4-12(14)18/h2-4H,5-10,19H2,1H3,(H,20,22). The quantitative estimate of drug-likeness (QED) is 0.827. The zero-order valence-electron chi connectivity index (χ0n) is 13.5. The molecular weight excluding hydrogens is 353 g/mol. The van der Waals surface area contributed by atoms with Gasteiger partial charge in [0.15, 0.2) is 0 Å². The van der Waals surface area contributed by atoms with E-state index >= 15 is 0 Å². The molecule has 0 unspecified atom stereocenters. The van der Waals surface area contributed by atoms with Gasteiger partial charge in [0.25, 0.3) is 0 Å². The Morgan fingerprint density at radius 1 is 1.29 bits per heavy atom. The van der Waals surface area contributed by atoms with E-state index in [-0.39, 0.29) is 24.9 Å². The van der Waals surface area contributed by atoms with Crippen LogP contribution in [0.1, 0.15) is 12.8 Å². The summed E-state index contributed by atoms with van der Waals surface area (Å²) in [5, 5.41) is 3.33. The predicted octanol–water partition coefficient (Wildman–Crippen LogP) is 2.15. The fourth-order valence-corrected chi connectivity index (χ4v) is 3.25. The van der Waals surface area contributed by atoms with Crippen LogP contribution in [0.15, 0.2) is 18.2 Å². The average Bonchev–Trinajstić information content (AvgIpc) is 2.58. The fourth-order valence-electron chi connectivity index (χ4n) is 2.76. The van der Waals surface area contributed by atoms with Gasteiger partial charge >= 0.3 is 0 Å². The molecule has 132 valence electrons. The fraction of sp³-hybridized carbons (Fsp3) is 0.500. The second-order valence-electron chi connectivity index (χ2n) is 5.90. The first-order valence-electron chi connectivity index (χ1n) is 7.67. The highest BCUT2D eigenvalue weighted by atomic mass is 35.5. The van der Waals surface area contributed by atoms with Gasteiger partial charge in [-0.3, -0.25) is 9.59 Å². The number of benzene rings is 1. The largest absolute Gasteiger partial charge is 0.381 e. The Labute approximate surface area is 151 Å². The van der Waals surface area contributed by atoms with Crippen molar-refractivity contribution >= 4 is 40.7 Å². The highest BCUT2D eigenvalue weighted by molar-refractivity contribution is 6.39. The van der Waals surface area contributed by atoms with E-state index < -0.39 is 5.41 Å². The van der Waals surface area contributed by atoms with Crippen LogP contribution in [0.2, 0.25) is 10.0 Å². The van der Waals surface area contributed by atoms with E-state index in [2.05, 4.69) is 5.32 Å². The number of rotatable bonds is 5. The molecule has 0 atom stereocenters. The number of anilines is 1. The van der Waals surface area contributed by atoms with Crippen molar-refractivity contribution in [3.63, 3.8) is 0 Å². The Balaban J connectivity index is 2.01. The van der Waals surface area contributed by atoms with Crippen molar-refractivity contribution < 1.29 is 14.3 Å². The zero-order valence-corrected chi connectivity index (χ0v) is 15.0. The number of carbonyl (C=O) groups excluding carboxylic acids is 2. The zero-order chi connectivity index (χ0) is 17.7. The van der Waals surface area contributed by atoms with Gasteiger partial charge in [-0.1, -0.05) is 29.3 Å². The van der Waals surface area contributed by atoms with Crippen LogP contribution in [0.5, 0.6) is 0 Å². The summed E-state index contributed by atoms with van der Waals surface area (Å²) < 4.78 is 5.31. The Hall–Kier alpha value is -1.34. The number of carbonyl (C=O) groups is 2. The Morgan fingerprint density at radius 2 is 1.88 bits per heavy atom. The van der Waals surface area contributed by atoms with Crippen LogP contribution in [-0.4, -0.2) is 50.1 Å². The third-order valence-electron chi connectivity index (χ3n) is 4.25. The van der Waals surface area contributed by atoms with Crippen molar-refractivity contribution in [3.8, 4) is 0 Å². The van der Waals surface area contributed by atoms with Crippen LogP contribution in [0.3, 0.4) is 0 Å². The van der Waals surface area contributed by atoms with Gasteiger partial charge in [-0.05, 0) is 25.0 Å². The Morgan fingerprint density at radius 3 is 2.42 bits per heavy atom. The van der Waals surface area contributed by atoms with Crippen LogP contribution >= 0.6 is 23.2 Å². The summed E-state index contributed by atoms with van der Waals surface area (Å²) in [6, 6.07) is 4.94. The summed E-state index contributed by atoms with van der Waals surface area (Å²) in [5.41, 5.74) is 5.51. The molecule has 1 aromatic carbocycles. The molecule has 0 radical (unpaired) electrons. The lowest BCUT2D eigenvalue weighted by Crippen LogP contribution is -2.51. The van der Waals surface area contributed by atoms with Gasteiger partial charge in [-0.15, -0.1) is 0 Å². The molecule has 1 aliphatic rings. The highest BCUT2D eigenvalue weighted by Gasteiger charge is 2.40. The molecule has 2 rings (SSSR count). The third-order valence-corrected chi connectivity index (χ3v) is 4.88. The maximum Gasteiger partial charge on any atom is 0.244 e. The minimum atomic E-state index is -0.657. The van der Waals surface area contributed by atoms with Gasteiger partial charge in [0, 0.05) is 26.8 Å². The molecule has 0 saturated carbocycles. The molecule has 0 aromatic heterocycles. The normalized spacial score (nSPS) is 16.5. The molecule has 1 saturated heterocycles. The number of halogens is 2. The van der Waals surface area contributed by atoms with Crippen molar-refractivity contribution in [1.82, 2.24) is 4.90 Å². The molecule has 1 heterocycles. The van der Waals surface area contributed by atoms with Crippen LogP contribution in [0, 0.1) is 5.41 Å². The molecule has 6 nitrogen and oxygen atoms in total. The molecule has 0 aliphatic carbocycles. The van der Waals surface area contributed by atoms with E-state index in [0.717, 1.165) is 0 Å². The number of ether oxygens (including phenoxy) is 1. The lowest BCUT2D eigenvalue weighted by Gasteiger charge is -2.37. The maximum atomic E-state index is 12.7. The summed E-state index contributed by atoms with van der Waals surface area (Å²) in [4.78, 5) is 26.3. The van der Waals surface area contributed by atoms with E-state index in [9.17, 15) is 9.59 Å². The number of likely N-dealkylation sites (N-methyl/N-ethyl adjacent to an activating group) is 1. The van der Waals surface area contributed by atoms with E-state index in [1.807, 2.05) is 0 Å². The second-order valence-corrected chi connectivity index (χ2v) is 6.72. The number of nitrogens with two attached hydrogens (primary N) is 1. The third kappa shape index (κ3) is 4.19. The van der Waals surface area contributed by atoms with Crippen molar-refractivity contribution in [1.29, 1.82) is 0 Å². The number of nitrogens with zero attached hydrogens (tertiary/aromatic N) is 1. The molecule has 1 aliphatic heterocycles. The van der Waals surface area contributed by atoms with E-state index in [1.54, 1.807) is 25.2 Å². The Bertz CT molecular complexity index is 598. The van der Waals surface area contributed by atoms with E-state index in [0.29, 0.717) is 41.8 Å². The smallest absolute Gasteiger partial charge is 0.244 e. The predicted molar refractivity (Wildman–Crippen MR) is 94.3 cm³/mol. The molecule has 0 bridgehead atoms. The van der Waals surface area contributed by atoms with E-state index in [1.165, 1.54) is 4.90 Å². The molecule has 8 heteroatoms. The lowest BCUT2D eigenvalue weighted by molar-refractivity contribution is -0.147. The van der Waals surface area contributed by atoms with Gasteiger partial charge in [-0.2, -0.15) is 0 Å². The van der Waals surface area contributed by atoms with Crippen molar-refractivity contribution in [3.05, 3.63) is 28.2 Å². The molecule has 24 heavy (non-hydrogen) atoms. The lowest BCUT2D eigenvalue weighted by atomic mass is 9.79. The van der Waals surface area contributed by atoms with E-state index in [4.69, 9.17) is 33.7 Å². The van der Waals surface area contributed by atoms with Crippen molar-refractivity contribution in [2.24, 2.45) is 11.1 Å². The molecule has 1 fully saturated rings. The monoisotopic (exact) mass is 373 g/mol. The first kappa shape index (κ1) is 19.0. The van der Waals surface area contributed by atoms with Crippen molar-refractivity contribution in [2.45, 2.75) is 12.8 Å². The number of hydrogen-bond donors (Lipinski definition) is 2. The molecule has 1 aromatic rings. The SMILES string of the molecule is CN(CC(=O)Nc1c(Cl)cccc1Cl)C(=O)C1(CN)CCOCC1. The van der Waals surface area contributed by atoms with Gasteiger partial charge in [0.2, 0.25) is 11.8 Å². The minimum Gasteiger partial charge on any atom is -0.381 e. The molecule has 2 amide bonds. The van der Waals surface area contributed by atoms with Gasteiger partial charge in [0.05, 0.1) is 27.7 Å². The van der Waals surface area contributed by atoms with Gasteiger partial charge in [-0.25, -0.2) is 0 Å². The minimum absolute atomic E-state index is 0.108. The summed E-state index contributed by atoms with van der Waals surface area (Å²) in [5.74, 6) is -0.520. The molecule has 3 N–H and O–H groups in total. The molecular formula is C16H21Cl2N3O3. The van der Waals surface area contributed by atoms with Gasteiger partial charge < -0.3 is 20.7 Å². The summed E-state index contributed by atoms with van der Waals surface area (Å²) in [6.07, 6.45) is 1.12. The highest BCUT2D eigenvalue weighted by Crippen LogP contribution is 2.32. The summed E-state index contributed by atoms with van der Waals surface area (Å²) in [7, 11) is 1.59. The van der Waals surface area contributed by atoms with Gasteiger partial charge in [0.1, 0.15) is 0 Å². The first-order valence-corrected chi connectivity index (χ1v) is 8.42. The van der Waals surface area contributed by atoms with Crippen LogP contribution in [0.25, 0.3) is 0 Å². The number of hydrogen-bond acceptors (Lipinski definition) is 4. The number of amides is 2. The number of para-hydroxylation sites is 1. The summed E-state index contributed by atoms with van der Waals surface area (Å²) >= 11 is 12.1. The number of nitrogens with one attached hydrogen (secondary N) is 1. The second kappa shape index (κ2) is 8.16.